The van der Waals surface area contributed by atoms with Crippen LogP contribution in [-0.4, -0.2) is 23.8 Å². The van der Waals surface area contributed by atoms with Crippen molar-refractivity contribution in [3.05, 3.63) is 51.8 Å². The Morgan fingerprint density at radius 3 is 2.16 bits per heavy atom. The molecule has 0 amide bonds. The SMILES string of the molecule is COc1cc2nc(NN)n(-c3cc(C)cc(C)c3)c(=O)c2cc1OC. The molecule has 7 nitrogen and oxygen atoms in total. The fourth-order valence-electron chi connectivity index (χ4n) is 2.93. The van der Waals surface area contributed by atoms with E-state index in [-0.39, 0.29) is 11.5 Å². The van der Waals surface area contributed by atoms with Crippen LogP contribution in [0.15, 0.2) is 35.1 Å². The van der Waals surface area contributed by atoms with Gasteiger partial charge in [-0.3, -0.25) is 10.2 Å². The number of nitrogens with two attached hydrogens (primary N) is 1. The number of nitrogens with zero attached hydrogens (tertiary/aromatic N) is 2. The Labute approximate surface area is 145 Å². The molecule has 3 N–H and O–H groups in total. The van der Waals surface area contributed by atoms with Crippen molar-refractivity contribution in [3.63, 3.8) is 0 Å². The Bertz CT molecular complexity index is 991. The molecule has 7 heteroatoms. The number of rotatable bonds is 4. The maximum absolute atomic E-state index is 13.1. The van der Waals surface area contributed by atoms with E-state index >= 15 is 0 Å². The second kappa shape index (κ2) is 6.45. The number of anilines is 1. The molecule has 0 radical (unpaired) electrons. The van der Waals surface area contributed by atoms with Gasteiger partial charge < -0.3 is 9.47 Å². The number of aryl methyl sites for hydroxylation is 2. The fraction of sp³-hybridized carbons (Fsp3) is 0.222. The standard InChI is InChI=1S/C18H20N4O3/c1-10-5-11(2)7-12(6-10)22-17(23)13-8-15(24-3)16(25-4)9-14(13)20-18(22)21-19/h5-9H,19H2,1-4H3,(H,20,21). The van der Waals surface area contributed by atoms with E-state index < -0.39 is 0 Å². The molecule has 130 valence electrons. The summed E-state index contributed by atoms with van der Waals surface area (Å²) in [5.41, 5.74) is 5.51. The smallest absolute Gasteiger partial charge is 0.267 e. The quantitative estimate of drug-likeness (QED) is 0.559. The van der Waals surface area contributed by atoms with E-state index in [1.54, 1.807) is 12.1 Å². The van der Waals surface area contributed by atoms with Gasteiger partial charge in [0.15, 0.2) is 11.5 Å². The molecule has 0 spiro atoms. The molecule has 0 saturated heterocycles. The van der Waals surface area contributed by atoms with Crippen LogP contribution < -0.4 is 26.3 Å². The molecule has 25 heavy (non-hydrogen) atoms. The van der Waals surface area contributed by atoms with E-state index in [1.165, 1.54) is 18.8 Å². The number of aromatic nitrogens is 2. The number of nitrogens with one attached hydrogen (secondary N) is 1. The van der Waals surface area contributed by atoms with E-state index in [2.05, 4.69) is 10.4 Å². The van der Waals surface area contributed by atoms with E-state index in [0.29, 0.717) is 28.1 Å². The number of nitrogen functional groups attached to an aromatic ring is 1. The van der Waals surface area contributed by atoms with Gasteiger partial charge >= 0.3 is 0 Å². The summed E-state index contributed by atoms with van der Waals surface area (Å²) >= 11 is 0. The summed E-state index contributed by atoms with van der Waals surface area (Å²) in [5.74, 6) is 6.83. The molecule has 0 aliphatic rings. The Hall–Kier alpha value is -3.06. The van der Waals surface area contributed by atoms with Gasteiger partial charge in [0.25, 0.3) is 5.56 Å². The molecule has 0 unspecified atom stereocenters. The van der Waals surface area contributed by atoms with Gasteiger partial charge in [-0.15, -0.1) is 0 Å². The van der Waals surface area contributed by atoms with Gasteiger partial charge in [-0.05, 0) is 43.2 Å². The molecule has 0 bridgehead atoms. The molecule has 0 aliphatic carbocycles. The van der Waals surface area contributed by atoms with Crippen LogP contribution in [0.4, 0.5) is 5.95 Å². The molecular weight excluding hydrogens is 320 g/mol. The van der Waals surface area contributed by atoms with Gasteiger partial charge in [0.1, 0.15) is 0 Å². The Morgan fingerprint density at radius 1 is 1.00 bits per heavy atom. The third kappa shape index (κ3) is 2.89. The number of hydrogen-bond donors (Lipinski definition) is 2. The minimum atomic E-state index is -0.246. The average Bonchev–Trinajstić information content (AvgIpc) is 2.59. The Morgan fingerprint density at radius 2 is 1.60 bits per heavy atom. The first-order valence-corrected chi connectivity index (χ1v) is 7.72. The van der Waals surface area contributed by atoms with Gasteiger partial charge in [-0.1, -0.05) is 6.07 Å². The second-order valence-electron chi connectivity index (χ2n) is 5.79. The van der Waals surface area contributed by atoms with E-state index in [1.807, 2.05) is 32.0 Å². The summed E-state index contributed by atoms with van der Waals surface area (Å²) in [6.07, 6.45) is 0. The summed E-state index contributed by atoms with van der Waals surface area (Å²) in [7, 11) is 3.05. The molecule has 3 rings (SSSR count). The van der Waals surface area contributed by atoms with Gasteiger partial charge in [0.2, 0.25) is 5.95 Å². The van der Waals surface area contributed by atoms with Crippen LogP contribution in [0.1, 0.15) is 11.1 Å². The van der Waals surface area contributed by atoms with Crippen molar-refractivity contribution >= 4 is 16.9 Å². The fourth-order valence-corrected chi connectivity index (χ4v) is 2.93. The lowest BCUT2D eigenvalue weighted by Crippen LogP contribution is -2.26. The highest BCUT2D eigenvalue weighted by Gasteiger charge is 2.16. The van der Waals surface area contributed by atoms with Gasteiger partial charge in [-0.2, -0.15) is 0 Å². The zero-order chi connectivity index (χ0) is 18.1. The molecule has 1 aromatic heterocycles. The number of hydrogen-bond acceptors (Lipinski definition) is 6. The highest BCUT2D eigenvalue weighted by atomic mass is 16.5. The van der Waals surface area contributed by atoms with E-state index in [4.69, 9.17) is 15.3 Å². The number of benzene rings is 2. The van der Waals surface area contributed by atoms with Crippen LogP contribution in [0.25, 0.3) is 16.6 Å². The molecule has 0 saturated carbocycles. The van der Waals surface area contributed by atoms with Crippen molar-refractivity contribution in [3.8, 4) is 17.2 Å². The van der Waals surface area contributed by atoms with Gasteiger partial charge in [-0.25, -0.2) is 15.4 Å². The zero-order valence-corrected chi connectivity index (χ0v) is 14.6. The minimum Gasteiger partial charge on any atom is -0.493 e. The largest absolute Gasteiger partial charge is 0.493 e. The first-order chi connectivity index (χ1) is 12.0. The summed E-state index contributed by atoms with van der Waals surface area (Å²) < 4.78 is 12.0. The van der Waals surface area contributed by atoms with Crippen molar-refractivity contribution in [1.82, 2.24) is 9.55 Å². The van der Waals surface area contributed by atoms with Crippen LogP contribution in [0.5, 0.6) is 11.5 Å². The normalized spacial score (nSPS) is 10.8. The maximum atomic E-state index is 13.1. The van der Waals surface area contributed by atoms with Crippen molar-refractivity contribution < 1.29 is 9.47 Å². The lowest BCUT2D eigenvalue weighted by molar-refractivity contribution is 0.355. The van der Waals surface area contributed by atoms with Crippen LogP contribution in [-0.2, 0) is 0 Å². The van der Waals surface area contributed by atoms with Gasteiger partial charge in [0, 0.05) is 6.07 Å². The number of ether oxygens (including phenoxy) is 2. The molecule has 2 aromatic carbocycles. The molecule has 3 aromatic rings. The molecule has 0 fully saturated rings. The monoisotopic (exact) mass is 340 g/mol. The van der Waals surface area contributed by atoms with Crippen molar-refractivity contribution in [2.45, 2.75) is 13.8 Å². The number of hydrazine groups is 1. The van der Waals surface area contributed by atoms with Crippen LogP contribution in [0.2, 0.25) is 0 Å². The summed E-state index contributed by atoms with van der Waals surface area (Å²) in [4.78, 5) is 17.6. The Balaban J connectivity index is 2.39. The van der Waals surface area contributed by atoms with Crippen molar-refractivity contribution in [2.75, 3.05) is 19.6 Å². The zero-order valence-electron chi connectivity index (χ0n) is 14.6. The predicted molar refractivity (Wildman–Crippen MR) is 97.7 cm³/mol. The number of methoxy groups -OCH3 is 2. The molecule has 0 atom stereocenters. The molecular formula is C18H20N4O3. The molecule has 1 heterocycles. The third-order valence-corrected chi connectivity index (χ3v) is 3.97. The van der Waals surface area contributed by atoms with Crippen LogP contribution >= 0.6 is 0 Å². The minimum absolute atomic E-state index is 0.245. The highest BCUT2D eigenvalue weighted by Crippen LogP contribution is 2.31. The van der Waals surface area contributed by atoms with Gasteiger partial charge in [0.05, 0.1) is 30.8 Å². The highest BCUT2D eigenvalue weighted by molar-refractivity contribution is 5.83. The predicted octanol–water partition coefficient (Wildman–Crippen LogP) is 2.31. The summed E-state index contributed by atoms with van der Waals surface area (Å²) in [6.45, 7) is 3.94. The first-order valence-electron chi connectivity index (χ1n) is 7.72. The summed E-state index contributed by atoms with van der Waals surface area (Å²) in [6, 6.07) is 9.13. The maximum Gasteiger partial charge on any atom is 0.267 e. The number of fused-ring (bicyclic) bond motifs is 1. The third-order valence-electron chi connectivity index (χ3n) is 3.97. The van der Waals surface area contributed by atoms with Crippen molar-refractivity contribution in [1.29, 1.82) is 0 Å². The summed E-state index contributed by atoms with van der Waals surface area (Å²) in [5, 5.41) is 0.413. The van der Waals surface area contributed by atoms with E-state index in [0.717, 1.165) is 11.1 Å². The topological polar surface area (TPSA) is 91.4 Å². The van der Waals surface area contributed by atoms with E-state index in [9.17, 15) is 4.79 Å². The lowest BCUT2D eigenvalue weighted by atomic mass is 10.1. The first kappa shape index (κ1) is 16.8. The van der Waals surface area contributed by atoms with Crippen LogP contribution in [0, 0.1) is 13.8 Å². The van der Waals surface area contributed by atoms with Crippen LogP contribution in [0.3, 0.4) is 0 Å². The second-order valence-corrected chi connectivity index (χ2v) is 5.79. The lowest BCUT2D eigenvalue weighted by Gasteiger charge is -2.15. The average molecular weight is 340 g/mol. The van der Waals surface area contributed by atoms with Crippen molar-refractivity contribution in [2.24, 2.45) is 5.84 Å². The Kier molecular flexibility index (Phi) is 4.33. The molecule has 0 aliphatic heterocycles.